The van der Waals surface area contributed by atoms with Gasteiger partial charge in [0.15, 0.2) is 5.13 Å². The molecule has 0 radical (unpaired) electrons. The van der Waals surface area contributed by atoms with E-state index in [-0.39, 0.29) is 6.04 Å². The summed E-state index contributed by atoms with van der Waals surface area (Å²) in [5, 5.41) is 12.5. The fourth-order valence-electron chi connectivity index (χ4n) is 3.37. The summed E-state index contributed by atoms with van der Waals surface area (Å²) < 4.78 is 0. The highest BCUT2D eigenvalue weighted by atomic mass is 32.1. The van der Waals surface area contributed by atoms with E-state index in [1.807, 2.05) is 6.92 Å². The molecule has 3 rings (SSSR count). The Hall–Kier alpha value is -1.14. The van der Waals surface area contributed by atoms with Crippen molar-refractivity contribution < 1.29 is 9.90 Å². The van der Waals surface area contributed by atoms with Crippen LogP contribution in [0, 0.1) is 6.92 Å². The highest BCUT2D eigenvalue weighted by Gasteiger charge is 2.36. The number of carboxylic acids is 1. The second-order valence-electron chi connectivity index (χ2n) is 5.72. The Bertz CT molecular complexity index is 483. The van der Waals surface area contributed by atoms with Crippen LogP contribution < -0.4 is 4.90 Å². The molecule has 2 aliphatic rings. The fourth-order valence-corrected chi connectivity index (χ4v) is 4.22. The Balaban J connectivity index is 1.59. The maximum Gasteiger partial charge on any atom is 0.320 e. The minimum absolute atomic E-state index is 0.256. The highest BCUT2D eigenvalue weighted by Crippen LogP contribution is 2.29. The summed E-state index contributed by atoms with van der Waals surface area (Å²) in [6.45, 7) is 4.94. The van der Waals surface area contributed by atoms with Crippen molar-refractivity contribution in [2.75, 3.05) is 24.5 Å². The zero-order valence-corrected chi connectivity index (χ0v) is 12.6. The van der Waals surface area contributed by atoms with E-state index in [0.29, 0.717) is 6.04 Å². The molecular weight excluding hydrogens is 274 g/mol. The number of thiazole rings is 1. The third kappa shape index (κ3) is 2.67. The molecule has 3 heterocycles. The molecule has 110 valence electrons. The lowest BCUT2D eigenvalue weighted by atomic mass is 10.0. The number of likely N-dealkylation sites (tertiary alicyclic amines) is 1. The number of nitrogens with zero attached hydrogens (tertiary/aromatic N) is 3. The summed E-state index contributed by atoms with van der Waals surface area (Å²) in [5.41, 5.74) is 1.08. The standard InChI is InChI=1S/C14H21N3O2S/c1-10-9-20-14(15-10)16-7-4-11(5-8-16)17-6-2-3-12(17)13(18)19/h9,11-12H,2-8H2,1H3,(H,18,19). The van der Waals surface area contributed by atoms with Crippen LogP contribution in [0.25, 0.3) is 0 Å². The van der Waals surface area contributed by atoms with E-state index in [0.717, 1.165) is 56.1 Å². The van der Waals surface area contributed by atoms with E-state index in [1.54, 1.807) is 11.3 Å². The first-order valence-corrected chi connectivity index (χ1v) is 8.19. The van der Waals surface area contributed by atoms with Gasteiger partial charge in [-0.05, 0) is 39.2 Å². The largest absolute Gasteiger partial charge is 0.480 e. The van der Waals surface area contributed by atoms with E-state index in [1.165, 1.54) is 0 Å². The van der Waals surface area contributed by atoms with Gasteiger partial charge in [-0.15, -0.1) is 11.3 Å². The number of aryl methyl sites for hydroxylation is 1. The minimum Gasteiger partial charge on any atom is -0.480 e. The van der Waals surface area contributed by atoms with Gasteiger partial charge in [0.1, 0.15) is 6.04 Å². The smallest absolute Gasteiger partial charge is 0.320 e. The summed E-state index contributed by atoms with van der Waals surface area (Å²) in [6.07, 6.45) is 3.91. The van der Waals surface area contributed by atoms with Crippen LogP contribution in [0.15, 0.2) is 5.38 Å². The number of carbonyl (C=O) groups is 1. The second kappa shape index (κ2) is 5.69. The summed E-state index contributed by atoms with van der Waals surface area (Å²) >= 11 is 1.70. The lowest BCUT2D eigenvalue weighted by Gasteiger charge is -2.38. The van der Waals surface area contributed by atoms with Gasteiger partial charge >= 0.3 is 5.97 Å². The van der Waals surface area contributed by atoms with E-state index >= 15 is 0 Å². The summed E-state index contributed by atoms with van der Waals surface area (Å²) in [4.78, 5) is 20.4. The first-order valence-electron chi connectivity index (χ1n) is 7.31. The van der Waals surface area contributed by atoms with Gasteiger partial charge in [0.2, 0.25) is 0 Å². The van der Waals surface area contributed by atoms with Crippen LogP contribution in [0.2, 0.25) is 0 Å². The monoisotopic (exact) mass is 295 g/mol. The number of hydrogen-bond donors (Lipinski definition) is 1. The van der Waals surface area contributed by atoms with Crippen molar-refractivity contribution in [3.63, 3.8) is 0 Å². The Morgan fingerprint density at radius 3 is 2.70 bits per heavy atom. The number of anilines is 1. The van der Waals surface area contributed by atoms with Gasteiger partial charge < -0.3 is 10.0 Å². The van der Waals surface area contributed by atoms with E-state index in [4.69, 9.17) is 0 Å². The molecule has 0 spiro atoms. The molecule has 1 atom stereocenters. The first kappa shape index (κ1) is 13.8. The number of aliphatic carboxylic acids is 1. The molecule has 2 fully saturated rings. The second-order valence-corrected chi connectivity index (χ2v) is 6.56. The molecule has 1 N–H and O–H groups in total. The van der Waals surface area contributed by atoms with Crippen LogP contribution in [-0.2, 0) is 4.79 Å². The van der Waals surface area contributed by atoms with Crippen molar-refractivity contribution in [3.8, 4) is 0 Å². The summed E-state index contributed by atoms with van der Waals surface area (Å²) in [7, 11) is 0. The maximum absolute atomic E-state index is 11.3. The molecule has 2 aliphatic heterocycles. The van der Waals surface area contributed by atoms with Gasteiger partial charge in [-0.25, -0.2) is 4.98 Å². The molecule has 1 aromatic rings. The highest BCUT2D eigenvalue weighted by molar-refractivity contribution is 7.13. The van der Waals surface area contributed by atoms with Crippen LogP contribution in [0.1, 0.15) is 31.4 Å². The van der Waals surface area contributed by atoms with Crippen LogP contribution in [0.3, 0.4) is 0 Å². The molecule has 6 heteroatoms. The molecule has 2 saturated heterocycles. The van der Waals surface area contributed by atoms with Crippen LogP contribution >= 0.6 is 11.3 Å². The average molecular weight is 295 g/mol. The molecule has 1 aromatic heterocycles. The Morgan fingerprint density at radius 1 is 1.35 bits per heavy atom. The predicted molar refractivity (Wildman–Crippen MR) is 79.4 cm³/mol. The summed E-state index contributed by atoms with van der Waals surface area (Å²) in [6, 6.07) is 0.171. The van der Waals surface area contributed by atoms with Crippen molar-refractivity contribution in [1.29, 1.82) is 0 Å². The quantitative estimate of drug-likeness (QED) is 0.924. The van der Waals surface area contributed by atoms with Gasteiger partial charge in [-0.3, -0.25) is 9.69 Å². The Kier molecular flexibility index (Phi) is 3.94. The lowest BCUT2D eigenvalue weighted by molar-refractivity contribution is -0.143. The topological polar surface area (TPSA) is 56.7 Å². The Morgan fingerprint density at radius 2 is 2.10 bits per heavy atom. The van der Waals surface area contributed by atoms with Gasteiger partial charge in [-0.2, -0.15) is 0 Å². The molecule has 0 aliphatic carbocycles. The van der Waals surface area contributed by atoms with Gasteiger partial charge in [-0.1, -0.05) is 0 Å². The predicted octanol–water partition coefficient (Wildman–Crippen LogP) is 1.97. The number of piperidine rings is 1. The average Bonchev–Trinajstić information content (AvgIpc) is 3.07. The van der Waals surface area contributed by atoms with Gasteiger partial charge in [0, 0.05) is 24.5 Å². The lowest BCUT2D eigenvalue weighted by Crippen LogP contribution is -2.48. The van der Waals surface area contributed by atoms with Crippen LogP contribution in [0.4, 0.5) is 5.13 Å². The van der Waals surface area contributed by atoms with E-state index in [9.17, 15) is 9.90 Å². The van der Waals surface area contributed by atoms with Crippen molar-refractivity contribution in [3.05, 3.63) is 11.1 Å². The zero-order chi connectivity index (χ0) is 14.1. The molecule has 0 bridgehead atoms. The SMILES string of the molecule is Cc1csc(N2CCC(N3CCCC3C(=O)O)CC2)n1. The van der Waals surface area contributed by atoms with Gasteiger partial charge in [0.05, 0.1) is 5.69 Å². The number of carboxylic acid groups (broad SMARTS) is 1. The van der Waals surface area contributed by atoms with Crippen molar-refractivity contribution in [2.24, 2.45) is 0 Å². The van der Waals surface area contributed by atoms with Crippen LogP contribution in [0.5, 0.6) is 0 Å². The maximum atomic E-state index is 11.3. The first-order chi connectivity index (χ1) is 9.65. The fraction of sp³-hybridized carbons (Fsp3) is 0.714. The van der Waals surface area contributed by atoms with Crippen molar-refractivity contribution in [1.82, 2.24) is 9.88 Å². The third-order valence-corrected chi connectivity index (χ3v) is 5.41. The minimum atomic E-state index is -0.652. The molecule has 20 heavy (non-hydrogen) atoms. The van der Waals surface area contributed by atoms with Crippen LogP contribution in [-0.4, -0.2) is 52.7 Å². The van der Waals surface area contributed by atoms with E-state index in [2.05, 4.69) is 20.2 Å². The third-order valence-electron chi connectivity index (χ3n) is 4.39. The molecule has 0 amide bonds. The molecule has 0 saturated carbocycles. The summed E-state index contributed by atoms with van der Waals surface area (Å²) in [5.74, 6) is -0.652. The number of aromatic nitrogens is 1. The normalized spacial score (nSPS) is 25.2. The molecule has 0 aromatic carbocycles. The number of hydrogen-bond acceptors (Lipinski definition) is 5. The Labute approximate surface area is 123 Å². The van der Waals surface area contributed by atoms with E-state index < -0.39 is 5.97 Å². The van der Waals surface area contributed by atoms with Crippen molar-refractivity contribution >= 4 is 22.4 Å². The zero-order valence-electron chi connectivity index (χ0n) is 11.8. The van der Waals surface area contributed by atoms with Gasteiger partial charge in [0.25, 0.3) is 0 Å². The van der Waals surface area contributed by atoms with Crippen molar-refractivity contribution in [2.45, 2.75) is 44.7 Å². The molecular formula is C14H21N3O2S. The molecule has 5 nitrogen and oxygen atoms in total. The number of rotatable bonds is 3. The molecule has 1 unspecified atom stereocenters.